The number of alkyl carbamates (subject to hydrolysis) is 1. The molecule has 9 nitrogen and oxygen atoms in total. The maximum Gasteiger partial charge on any atom is 0.408 e. The summed E-state index contributed by atoms with van der Waals surface area (Å²) in [6, 6.07) is 16.5. The van der Waals surface area contributed by atoms with Gasteiger partial charge in [-0.05, 0) is 17.5 Å². The fraction of sp³-hybridized carbons (Fsp3) is 0.263. The topological polar surface area (TPSA) is 131 Å². The number of rotatable bonds is 10. The number of carbonyl (C=O) groups is 2. The number of ether oxygens (including phenoxy) is 2. The zero-order chi connectivity index (χ0) is 21.1. The maximum absolute atomic E-state index is 12.4. The van der Waals surface area contributed by atoms with E-state index in [9.17, 15) is 18.0 Å². The molecule has 0 spiro atoms. The predicted molar refractivity (Wildman–Crippen MR) is 103 cm³/mol. The molecule has 10 heteroatoms. The van der Waals surface area contributed by atoms with Crippen LogP contribution in [-0.2, 0) is 37.5 Å². The van der Waals surface area contributed by atoms with E-state index in [-0.39, 0.29) is 19.6 Å². The zero-order valence-electron chi connectivity index (χ0n) is 15.5. The van der Waals surface area contributed by atoms with E-state index in [4.69, 9.17) is 14.7 Å². The maximum atomic E-state index is 12.4. The third-order valence-electron chi connectivity index (χ3n) is 3.83. The number of hydrogen-bond donors (Lipinski definition) is 3. The van der Waals surface area contributed by atoms with Gasteiger partial charge in [0.15, 0.2) is 0 Å². The number of amides is 1. The molecule has 29 heavy (non-hydrogen) atoms. The van der Waals surface area contributed by atoms with Crippen molar-refractivity contribution in [1.29, 1.82) is 0 Å². The molecule has 0 aliphatic carbocycles. The van der Waals surface area contributed by atoms with Crippen LogP contribution in [0.25, 0.3) is 0 Å². The van der Waals surface area contributed by atoms with Gasteiger partial charge < -0.3 is 20.0 Å². The Morgan fingerprint density at radius 3 is 1.93 bits per heavy atom. The number of nitrogens with one attached hydrogen (secondary N) is 2. The van der Waals surface area contributed by atoms with Crippen LogP contribution < -0.4 is 10.2 Å². The van der Waals surface area contributed by atoms with Crippen molar-refractivity contribution in [3.63, 3.8) is 0 Å². The Hall–Kier alpha value is -2.95. The molecule has 0 aliphatic rings. The van der Waals surface area contributed by atoms with Crippen molar-refractivity contribution in [2.24, 2.45) is 0 Å². The van der Waals surface area contributed by atoms with Crippen molar-refractivity contribution >= 4 is 22.1 Å². The number of esters is 1. The van der Waals surface area contributed by atoms with Crippen LogP contribution in [0.15, 0.2) is 60.7 Å². The van der Waals surface area contributed by atoms with Crippen molar-refractivity contribution in [1.82, 2.24) is 10.2 Å². The van der Waals surface area contributed by atoms with Crippen molar-refractivity contribution in [3.05, 3.63) is 71.8 Å². The Morgan fingerprint density at radius 1 is 0.897 bits per heavy atom. The van der Waals surface area contributed by atoms with Gasteiger partial charge in [0.05, 0.1) is 5.75 Å². The second-order valence-electron chi connectivity index (χ2n) is 6.05. The molecule has 0 unspecified atom stereocenters. The lowest BCUT2D eigenvalue weighted by Gasteiger charge is -2.17. The van der Waals surface area contributed by atoms with Gasteiger partial charge >= 0.3 is 12.1 Å². The summed E-state index contributed by atoms with van der Waals surface area (Å²) in [7, 11) is -4.00. The molecule has 1 atom stereocenters. The van der Waals surface area contributed by atoms with E-state index in [2.05, 4.69) is 5.32 Å². The first-order chi connectivity index (χ1) is 13.9. The monoisotopic (exact) mass is 422 g/mol. The van der Waals surface area contributed by atoms with Gasteiger partial charge in [0.25, 0.3) is 0 Å². The smallest absolute Gasteiger partial charge is 0.408 e. The molecule has 0 aromatic heterocycles. The highest BCUT2D eigenvalue weighted by atomic mass is 32.2. The van der Waals surface area contributed by atoms with E-state index in [1.54, 1.807) is 48.5 Å². The number of sulfonamides is 1. The molecule has 2 aromatic carbocycles. The zero-order valence-corrected chi connectivity index (χ0v) is 16.3. The van der Waals surface area contributed by atoms with Crippen LogP contribution >= 0.6 is 0 Å². The lowest BCUT2D eigenvalue weighted by molar-refractivity contribution is -0.147. The Bertz CT molecular complexity index is 889. The standard InChI is InChI=1S/C19H22N2O7S/c22-18(27-13-15-7-3-1-4-8-15)17(11-12-29(25,26)21-24)20-19(23)28-14-16-9-5-2-6-10-16/h1-10,17,21,24H,11-14H2,(H,20,23)/t17-/m0/s1. The molecule has 2 aromatic rings. The average Bonchev–Trinajstić information content (AvgIpc) is 2.75. The normalized spacial score (nSPS) is 12.0. The van der Waals surface area contributed by atoms with E-state index < -0.39 is 33.9 Å². The fourth-order valence-corrected chi connectivity index (χ4v) is 2.94. The molecule has 0 saturated heterocycles. The Labute approximate surface area is 168 Å². The van der Waals surface area contributed by atoms with E-state index in [0.29, 0.717) is 0 Å². The Balaban J connectivity index is 1.95. The van der Waals surface area contributed by atoms with Gasteiger partial charge in [-0.25, -0.2) is 18.0 Å². The third-order valence-corrected chi connectivity index (χ3v) is 4.88. The number of benzene rings is 2. The minimum atomic E-state index is -4.00. The van der Waals surface area contributed by atoms with Crippen LogP contribution in [-0.4, -0.2) is 37.5 Å². The van der Waals surface area contributed by atoms with Crippen LogP contribution in [0.3, 0.4) is 0 Å². The average molecular weight is 422 g/mol. The van der Waals surface area contributed by atoms with Gasteiger partial charge in [-0.2, -0.15) is 0 Å². The minimum Gasteiger partial charge on any atom is -0.459 e. The summed E-state index contributed by atoms with van der Waals surface area (Å²) in [6.45, 7) is -0.0587. The largest absolute Gasteiger partial charge is 0.459 e. The molecule has 0 heterocycles. The summed E-state index contributed by atoms with van der Waals surface area (Å²) in [5, 5.41) is 10.9. The van der Waals surface area contributed by atoms with Crippen LogP contribution in [0.5, 0.6) is 0 Å². The predicted octanol–water partition coefficient (Wildman–Crippen LogP) is 1.72. The van der Waals surface area contributed by atoms with E-state index in [1.807, 2.05) is 12.1 Å². The summed E-state index contributed by atoms with van der Waals surface area (Å²) < 4.78 is 33.1. The van der Waals surface area contributed by atoms with Crippen LogP contribution in [0.1, 0.15) is 17.5 Å². The fourth-order valence-electron chi connectivity index (χ4n) is 2.30. The lowest BCUT2D eigenvalue weighted by Crippen LogP contribution is -2.43. The van der Waals surface area contributed by atoms with E-state index in [0.717, 1.165) is 11.1 Å². The third kappa shape index (κ3) is 8.30. The van der Waals surface area contributed by atoms with Gasteiger partial charge in [0, 0.05) is 0 Å². The molecule has 0 saturated carbocycles. The number of carbonyl (C=O) groups excluding carboxylic acids is 2. The Morgan fingerprint density at radius 2 is 1.41 bits per heavy atom. The van der Waals surface area contributed by atoms with E-state index in [1.165, 1.54) is 4.89 Å². The number of hydrogen-bond acceptors (Lipinski definition) is 7. The molecule has 0 bridgehead atoms. The molecule has 2 rings (SSSR count). The summed E-state index contributed by atoms with van der Waals surface area (Å²) in [6.07, 6.45) is -1.21. The first-order valence-electron chi connectivity index (χ1n) is 8.71. The highest BCUT2D eigenvalue weighted by molar-refractivity contribution is 7.89. The summed E-state index contributed by atoms with van der Waals surface area (Å²) in [4.78, 5) is 25.6. The first kappa shape index (κ1) is 22.3. The van der Waals surface area contributed by atoms with Crippen LogP contribution in [0.2, 0.25) is 0 Å². The van der Waals surface area contributed by atoms with Crippen molar-refractivity contribution in [2.45, 2.75) is 25.7 Å². The molecule has 0 radical (unpaired) electrons. The molecule has 3 N–H and O–H groups in total. The van der Waals surface area contributed by atoms with Gasteiger partial charge in [0.1, 0.15) is 19.3 Å². The minimum absolute atomic E-state index is 0.0189. The van der Waals surface area contributed by atoms with Gasteiger partial charge in [-0.1, -0.05) is 65.5 Å². The van der Waals surface area contributed by atoms with Gasteiger partial charge in [-0.3, -0.25) is 0 Å². The van der Waals surface area contributed by atoms with Crippen LogP contribution in [0, 0.1) is 0 Å². The summed E-state index contributed by atoms with van der Waals surface area (Å²) >= 11 is 0. The second-order valence-corrected chi connectivity index (χ2v) is 7.87. The first-order valence-corrected chi connectivity index (χ1v) is 10.4. The molecular formula is C19H22N2O7S. The lowest BCUT2D eigenvalue weighted by atomic mass is 10.2. The van der Waals surface area contributed by atoms with E-state index >= 15 is 0 Å². The second kappa shape index (κ2) is 11.1. The molecule has 1 amide bonds. The van der Waals surface area contributed by atoms with Gasteiger partial charge in [0.2, 0.25) is 10.0 Å². The molecule has 0 aliphatic heterocycles. The summed E-state index contributed by atoms with van der Waals surface area (Å²) in [5.41, 5.74) is 1.48. The highest BCUT2D eigenvalue weighted by Gasteiger charge is 2.25. The summed E-state index contributed by atoms with van der Waals surface area (Å²) in [5.74, 6) is -1.42. The quantitative estimate of drug-likeness (QED) is 0.392. The Kier molecular flexibility index (Phi) is 8.59. The van der Waals surface area contributed by atoms with Crippen molar-refractivity contribution in [2.75, 3.05) is 5.75 Å². The molecule has 156 valence electrons. The van der Waals surface area contributed by atoms with Crippen LogP contribution in [0.4, 0.5) is 4.79 Å². The van der Waals surface area contributed by atoms with Crippen molar-refractivity contribution < 1.29 is 32.7 Å². The molecular weight excluding hydrogens is 400 g/mol. The SMILES string of the molecule is O=C(N[C@@H](CCS(=O)(=O)NO)C(=O)OCc1ccccc1)OCc1ccccc1. The molecule has 0 fully saturated rings. The van der Waals surface area contributed by atoms with Gasteiger partial charge in [-0.15, -0.1) is 0 Å². The highest BCUT2D eigenvalue weighted by Crippen LogP contribution is 2.06. The van der Waals surface area contributed by atoms with Crippen molar-refractivity contribution in [3.8, 4) is 0 Å².